The van der Waals surface area contributed by atoms with Crippen molar-refractivity contribution in [1.82, 2.24) is 15.1 Å². The molecule has 1 saturated heterocycles. The van der Waals surface area contributed by atoms with Crippen LogP contribution in [-0.2, 0) is 19.1 Å². The summed E-state index contributed by atoms with van der Waals surface area (Å²) in [6.07, 6.45) is 7.17. The number of hydrogen-bond acceptors (Lipinski definition) is 5. The first kappa shape index (κ1) is 35.3. The Balaban J connectivity index is 0. The second kappa shape index (κ2) is 20.3. The lowest BCUT2D eigenvalue weighted by Gasteiger charge is -2.34. The number of nitrogens with zero attached hydrogens (tertiary/aromatic N) is 2. The molecular weight excluding hydrogens is 442 g/mol. The third-order valence-electron chi connectivity index (χ3n) is 5.77. The van der Waals surface area contributed by atoms with Crippen LogP contribution in [0.2, 0.25) is 0 Å². The summed E-state index contributed by atoms with van der Waals surface area (Å²) in [6.45, 7) is 19.6. The first-order valence-corrected chi connectivity index (χ1v) is 13.5. The van der Waals surface area contributed by atoms with Crippen LogP contribution < -0.4 is 5.32 Å². The average molecular weight is 498 g/mol. The van der Waals surface area contributed by atoms with Crippen molar-refractivity contribution in [3.05, 3.63) is 11.6 Å². The van der Waals surface area contributed by atoms with Gasteiger partial charge in [-0.15, -0.1) is 0 Å². The lowest BCUT2D eigenvalue weighted by atomic mass is 9.99. The van der Waals surface area contributed by atoms with Gasteiger partial charge in [0.25, 0.3) is 0 Å². The molecule has 0 bridgehead atoms. The van der Waals surface area contributed by atoms with Crippen molar-refractivity contribution in [2.75, 3.05) is 33.8 Å². The molecule has 0 aromatic carbocycles. The van der Waals surface area contributed by atoms with Crippen molar-refractivity contribution in [2.45, 2.75) is 107 Å². The Morgan fingerprint density at radius 2 is 1.63 bits per heavy atom. The van der Waals surface area contributed by atoms with Gasteiger partial charge in [0, 0.05) is 19.2 Å². The van der Waals surface area contributed by atoms with E-state index in [1.54, 1.807) is 27.0 Å². The van der Waals surface area contributed by atoms with Crippen molar-refractivity contribution in [1.29, 1.82) is 0 Å². The highest BCUT2D eigenvalue weighted by Crippen LogP contribution is 2.16. The first-order chi connectivity index (χ1) is 16.4. The third kappa shape index (κ3) is 15.7. The second-order valence-corrected chi connectivity index (χ2v) is 10.1. The number of hydrogen-bond donors (Lipinski definition) is 1. The number of nitrogens with one attached hydrogen (secondary N) is 1. The number of piperidine rings is 1. The second-order valence-electron chi connectivity index (χ2n) is 10.1. The minimum Gasteiger partial charge on any atom is -0.463 e. The van der Waals surface area contributed by atoms with Crippen LogP contribution in [0.1, 0.15) is 94.4 Å². The standard InChI is InChI=1S/C20H35N3O4.C5H12.C3H8/c1-7-27-20(26)15(4)11-13-23(6)19(25)17(14(2)3)21-18(24)16-10-8-9-12-22(16)5;1-4-5(2)3;1-3-2/h11,14,16-17H,7-10,12-13H2,1-6H3,(H,21,24);5H,4H2,1-3H3;3H2,1-2H3/b15-11+;;. The lowest BCUT2D eigenvalue weighted by Crippen LogP contribution is -2.56. The maximum atomic E-state index is 12.8. The van der Waals surface area contributed by atoms with E-state index in [1.807, 2.05) is 20.9 Å². The molecule has 0 spiro atoms. The molecule has 2 unspecified atom stereocenters. The smallest absolute Gasteiger partial charge is 0.333 e. The van der Waals surface area contributed by atoms with Gasteiger partial charge in [0.1, 0.15) is 6.04 Å². The van der Waals surface area contributed by atoms with E-state index in [0.717, 1.165) is 31.7 Å². The molecule has 0 aromatic rings. The largest absolute Gasteiger partial charge is 0.463 e. The predicted molar refractivity (Wildman–Crippen MR) is 146 cm³/mol. The van der Waals surface area contributed by atoms with E-state index < -0.39 is 6.04 Å². The van der Waals surface area contributed by atoms with Gasteiger partial charge in [-0.3, -0.25) is 14.5 Å². The Morgan fingerprint density at radius 1 is 1.09 bits per heavy atom. The van der Waals surface area contributed by atoms with Gasteiger partial charge in [0.2, 0.25) is 11.8 Å². The van der Waals surface area contributed by atoms with E-state index in [9.17, 15) is 14.4 Å². The van der Waals surface area contributed by atoms with Gasteiger partial charge in [0.05, 0.1) is 12.6 Å². The molecule has 0 saturated carbocycles. The maximum Gasteiger partial charge on any atom is 0.333 e. The van der Waals surface area contributed by atoms with E-state index in [0.29, 0.717) is 12.2 Å². The Bertz CT molecular complexity index is 632. The van der Waals surface area contributed by atoms with E-state index in [2.05, 4.69) is 44.8 Å². The molecule has 35 heavy (non-hydrogen) atoms. The molecule has 7 heteroatoms. The minimum atomic E-state index is -0.589. The normalized spacial score (nSPS) is 16.9. The van der Waals surface area contributed by atoms with Crippen molar-refractivity contribution in [3.63, 3.8) is 0 Å². The fourth-order valence-corrected chi connectivity index (χ4v) is 3.10. The number of rotatable bonds is 9. The van der Waals surface area contributed by atoms with Gasteiger partial charge in [-0.2, -0.15) is 0 Å². The van der Waals surface area contributed by atoms with E-state index >= 15 is 0 Å². The van der Waals surface area contributed by atoms with Gasteiger partial charge >= 0.3 is 5.97 Å². The zero-order valence-electron chi connectivity index (χ0n) is 24.6. The molecule has 1 fully saturated rings. The number of esters is 1. The molecule has 7 nitrogen and oxygen atoms in total. The van der Waals surface area contributed by atoms with Gasteiger partial charge in [-0.1, -0.05) is 73.8 Å². The van der Waals surface area contributed by atoms with Crippen LogP contribution in [0.5, 0.6) is 0 Å². The van der Waals surface area contributed by atoms with Crippen molar-refractivity contribution < 1.29 is 19.1 Å². The van der Waals surface area contributed by atoms with Crippen LogP contribution in [0.3, 0.4) is 0 Å². The molecule has 2 amide bonds. The first-order valence-electron chi connectivity index (χ1n) is 13.5. The molecule has 0 aromatic heterocycles. The predicted octanol–water partition coefficient (Wildman–Crippen LogP) is 5.05. The monoisotopic (exact) mass is 497 g/mol. The zero-order chi connectivity index (χ0) is 27.6. The number of ether oxygens (including phenoxy) is 1. The number of likely N-dealkylation sites (N-methyl/N-ethyl adjacent to an activating group) is 2. The SMILES string of the molecule is CCC.CCC(C)C.CCOC(=O)/C(C)=C/CN(C)C(=O)C(NC(=O)C1CCCCN1C)C(C)C. The highest BCUT2D eigenvalue weighted by Gasteiger charge is 2.32. The molecule has 1 aliphatic heterocycles. The summed E-state index contributed by atoms with van der Waals surface area (Å²) >= 11 is 0. The van der Waals surface area contributed by atoms with Crippen molar-refractivity contribution in [3.8, 4) is 0 Å². The minimum absolute atomic E-state index is 0.0343. The summed E-state index contributed by atoms with van der Waals surface area (Å²) in [5.74, 6) is 0.218. The molecule has 1 rings (SSSR count). The summed E-state index contributed by atoms with van der Waals surface area (Å²) in [5.41, 5.74) is 0.463. The van der Waals surface area contributed by atoms with E-state index in [1.165, 1.54) is 17.7 Å². The average Bonchev–Trinajstić information content (AvgIpc) is 2.81. The Morgan fingerprint density at radius 3 is 2.06 bits per heavy atom. The Kier molecular flexibility index (Phi) is 20.5. The van der Waals surface area contributed by atoms with Gasteiger partial charge < -0.3 is 15.0 Å². The van der Waals surface area contributed by atoms with E-state index in [4.69, 9.17) is 4.74 Å². The summed E-state index contributed by atoms with van der Waals surface area (Å²) in [6, 6.07) is -0.766. The zero-order valence-corrected chi connectivity index (χ0v) is 24.6. The fraction of sp³-hybridized carbons (Fsp3) is 0.821. The van der Waals surface area contributed by atoms with Crippen LogP contribution in [-0.4, -0.2) is 73.5 Å². The van der Waals surface area contributed by atoms with Crippen LogP contribution in [0.25, 0.3) is 0 Å². The van der Waals surface area contributed by atoms with Crippen LogP contribution in [0.15, 0.2) is 11.6 Å². The van der Waals surface area contributed by atoms with Crippen LogP contribution >= 0.6 is 0 Å². The molecule has 2 atom stereocenters. The van der Waals surface area contributed by atoms with Gasteiger partial charge in [0.15, 0.2) is 0 Å². The lowest BCUT2D eigenvalue weighted by molar-refractivity contribution is -0.139. The van der Waals surface area contributed by atoms with E-state index in [-0.39, 0.29) is 36.3 Å². The number of carbonyl (C=O) groups excluding carboxylic acids is 3. The van der Waals surface area contributed by atoms with Crippen LogP contribution in [0, 0.1) is 11.8 Å². The maximum absolute atomic E-state index is 12.8. The molecule has 1 N–H and O–H groups in total. The molecule has 0 radical (unpaired) electrons. The molecule has 0 aliphatic carbocycles. The molecular formula is C28H55N3O4. The number of likely N-dealkylation sites (tertiary alicyclic amines) is 1. The summed E-state index contributed by atoms with van der Waals surface area (Å²) in [4.78, 5) is 40.8. The fourth-order valence-electron chi connectivity index (χ4n) is 3.10. The number of amides is 2. The van der Waals surface area contributed by atoms with Gasteiger partial charge in [-0.25, -0.2) is 4.79 Å². The van der Waals surface area contributed by atoms with Gasteiger partial charge in [-0.05, 0) is 52.1 Å². The summed E-state index contributed by atoms with van der Waals surface area (Å²) in [7, 11) is 3.62. The Labute approximate surface area is 216 Å². The highest BCUT2D eigenvalue weighted by atomic mass is 16.5. The molecule has 206 valence electrons. The quantitative estimate of drug-likeness (QED) is 0.356. The van der Waals surface area contributed by atoms with Crippen molar-refractivity contribution in [2.24, 2.45) is 11.8 Å². The van der Waals surface area contributed by atoms with Crippen LogP contribution in [0.4, 0.5) is 0 Å². The Hall–Kier alpha value is -1.89. The number of carbonyl (C=O) groups is 3. The topological polar surface area (TPSA) is 79.0 Å². The third-order valence-corrected chi connectivity index (χ3v) is 5.77. The van der Waals surface area contributed by atoms with Crippen molar-refractivity contribution >= 4 is 17.8 Å². The summed E-state index contributed by atoms with van der Waals surface area (Å²) in [5, 5.41) is 2.94. The molecule has 1 aliphatic rings. The highest BCUT2D eigenvalue weighted by molar-refractivity contribution is 5.90. The molecule has 1 heterocycles. The summed E-state index contributed by atoms with van der Waals surface area (Å²) < 4.78 is 4.94.